The molecule has 2 heterocycles. The van der Waals surface area contributed by atoms with Crippen LogP contribution in [0.1, 0.15) is 26.7 Å². The standard InChI is InChI=1S/C13H23N3O4/c1-13(2,3)11-14-16(12(18)20-11)9-10(17)8-15-4-6-19-7-5-15/h10,17H,4-9H2,1-3H3. The topological polar surface area (TPSA) is 80.7 Å². The van der Waals surface area contributed by atoms with E-state index in [1.807, 2.05) is 20.8 Å². The van der Waals surface area contributed by atoms with Crippen LogP contribution in [-0.4, -0.2) is 58.7 Å². The van der Waals surface area contributed by atoms with Crippen molar-refractivity contribution in [3.8, 4) is 0 Å². The number of morpholine rings is 1. The summed E-state index contributed by atoms with van der Waals surface area (Å²) in [7, 11) is 0. The first-order valence-corrected chi connectivity index (χ1v) is 6.93. The monoisotopic (exact) mass is 285 g/mol. The molecule has 7 nitrogen and oxygen atoms in total. The second kappa shape index (κ2) is 6.07. The average Bonchev–Trinajstić information content (AvgIpc) is 2.72. The summed E-state index contributed by atoms with van der Waals surface area (Å²) in [6, 6.07) is 0. The molecule has 1 aromatic heterocycles. The highest BCUT2D eigenvalue weighted by atomic mass is 16.5. The summed E-state index contributed by atoms with van der Waals surface area (Å²) in [6.07, 6.45) is -0.649. The molecule has 0 aromatic carbocycles. The lowest BCUT2D eigenvalue weighted by atomic mass is 9.97. The number of hydrogen-bond donors (Lipinski definition) is 1. The molecule has 7 heteroatoms. The Labute approximate surface area is 118 Å². The van der Waals surface area contributed by atoms with Crippen LogP contribution in [0, 0.1) is 0 Å². The molecule has 1 aromatic rings. The van der Waals surface area contributed by atoms with Crippen molar-refractivity contribution in [2.24, 2.45) is 0 Å². The maximum absolute atomic E-state index is 11.7. The molecule has 0 aliphatic carbocycles. The van der Waals surface area contributed by atoms with Gasteiger partial charge >= 0.3 is 5.76 Å². The predicted octanol–water partition coefficient (Wildman–Crippen LogP) is -0.173. The highest BCUT2D eigenvalue weighted by Crippen LogP contribution is 2.18. The van der Waals surface area contributed by atoms with Crippen molar-refractivity contribution in [2.45, 2.75) is 38.8 Å². The van der Waals surface area contributed by atoms with E-state index in [9.17, 15) is 9.90 Å². The summed E-state index contributed by atoms with van der Waals surface area (Å²) in [6.45, 7) is 9.40. The Balaban J connectivity index is 1.95. The molecule has 0 spiro atoms. The maximum Gasteiger partial charge on any atom is 0.437 e. The summed E-state index contributed by atoms with van der Waals surface area (Å²) >= 11 is 0. The Morgan fingerprint density at radius 3 is 2.50 bits per heavy atom. The van der Waals surface area contributed by atoms with Gasteiger partial charge < -0.3 is 14.3 Å². The van der Waals surface area contributed by atoms with Crippen molar-refractivity contribution < 1.29 is 14.3 Å². The Hall–Kier alpha value is -1.18. The highest BCUT2D eigenvalue weighted by molar-refractivity contribution is 4.94. The van der Waals surface area contributed by atoms with Crippen LogP contribution in [0.2, 0.25) is 0 Å². The number of aliphatic hydroxyl groups excluding tert-OH is 1. The van der Waals surface area contributed by atoms with Gasteiger partial charge in [-0.1, -0.05) is 20.8 Å². The minimum atomic E-state index is -0.649. The second-order valence-electron chi connectivity index (χ2n) is 6.17. The van der Waals surface area contributed by atoms with Crippen molar-refractivity contribution in [1.29, 1.82) is 0 Å². The van der Waals surface area contributed by atoms with Crippen molar-refractivity contribution >= 4 is 0 Å². The second-order valence-corrected chi connectivity index (χ2v) is 6.17. The Morgan fingerprint density at radius 1 is 1.30 bits per heavy atom. The number of hydrogen-bond acceptors (Lipinski definition) is 6. The molecule has 1 atom stereocenters. The minimum Gasteiger partial charge on any atom is -0.392 e. The summed E-state index contributed by atoms with van der Waals surface area (Å²) in [4.78, 5) is 13.8. The van der Waals surface area contributed by atoms with Crippen LogP contribution in [0.5, 0.6) is 0 Å². The lowest BCUT2D eigenvalue weighted by Crippen LogP contribution is -2.42. The zero-order chi connectivity index (χ0) is 14.8. The molecule has 1 N–H and O–H groups in total. The fraction of sp³-hybridized carbons (Fsp3) is 0.846. The molecule has 0 bridgehead atoms. The molecule has 114 valence electrons. The van der Waals surface area contributed by atoms with Gasteiger partial charge in [-0.25, -0.2) is 4.79 Å². The van der Waals surface area contributed by atoms with Crippen molar-refractivity contribution in [3.05, 3.63) is 16.4 Å². The largest absolute Gasteiger partial charge is 0.437 e. The van der Waals surface area contributed by atoms with Gasteiger partial charge in [0.25, 0.3) is 0 Å². The zero-order valence-electron chi connectivity index (χ0n) is 12.3. The average molecular weight is 285 g/mol. The third-order valence-electron chi connectivity index (χ3n) is 3.20. The summed E-state index contributed by atoms with van der Waals surface area (Å²) in [5.74, 6) is -0.128. The molecule has 1 unspecified atom stereocenters. The van der Waals surface area contributed by atoms with Gasteiger partial charge in [-0.05, 0) is 0 Å². The molecule has 1 fully saturated rings. The normalized spacial score (nSPS) is 19.2. The van der Waals surface area contributed by atoms with E-state index < -0.39 is 11.9 Å². The highest BCUT2D eigenvalue weighted by Gasteiger charge is 2.23. The van der Waals surface area contributed by atoms with Gasteiger partial charge in [0.15, 0.2) is 0 Å². The number of β-amino-alcohol motifs (C(OH)–C–C–N with tert-alkyl or cyclic N) is 1. The lowest BCUT2D eigenvalue weighted by molar-refractivity contribution is 0.0104. The number of rotatable bonds is 4. The first kappa shape index (κ1) is 15.2. The summed E-state index contributed by atoms with van der Waals surface area (Å²) in [5, 5.41) is 14.2. The number of nitrogens with zero attached hydrogens (tertiary/aromatic N) is 3. The third-order valence-corrected chi connectivity index (χ3v) is 3.20. The summed E-state index contributed by atoms with van der Waals surface area (Å²) in [5.41, 5.74) is -0.320. The molecule has 0 amide bonds. The SMILES string of the molecule is CC(C)(C)c1nn(CC(O)CN2CCOCC2)c(=O)o1. The first-order valence-electron chi connectivity index (χ1n) is 6.93. The Morgan fingerprint density at radius 2 is 1.95 bits per heavy atom. The van der Waals surface area contributed by atoms with E-state index in [0.717, 1.165) is 13.1 Å². The van der Waals surface area contributed by atoms with E-state index in [-0.39, 0.29) is 12.0 Å². The van der Waals surface area contributed by atoms with E-state index in [1.54, 1.807) is 0 Å². The van der Waals surface area contributed by atoms with Crippen LogP contribution in [0.4, 0.5) is 0 Å². The van der Waals surface area contributed by atoms with Gasteiger partial charge in [0.05, 0.1) is 25.9 Å². The molecular formula is C13H23N3O4. The molecule has 0 saturated carbocycles. The van der Waals surface area contributed by atoms with Crippen LogP contribution >= 0.6 is 0 Å². The van der Waals surface area contributed by atoms with E-state index in [2.05, 4.69) is 10.00 Å². The molecule has 1 aliphatic rings. The number of aromatic nitrogens is 2. The smallest absolute Gasteiger partial charge is 0.392 e. The molecule has 0 radical (unpaired) electrons. The number of aliphatic hydroxyl groups is 1. The third kappa shape index (κ3) is 3.91. The van der Waals surface area contributed by atoms with Crippen LogP contribution in [-0.2, 0) is 16.7 Å². The maximum atomic E-state index is 11.7. The predicted molar refractivity (Wildman–Crippen MR) is 72.7 cm³/mol. The fourth-order valence-electron chi connectivity index (χ4n) is 2.06. The quantitative estimate of drug-likeness (QED) is 0.827. The summed E-state index contributed by atoms with van der Waals surface area (Å²) < 4.78 is 11.6. The van der Waals surface area contributed by atoms with E-state index in [4.69, 9.17) is 9.15 Å². The van der Waals surface area contributed by atoms with Crippen molar-refractivity contribution in [2.75, 3.05) is 32.8 Å². The van der Waals surface area contributed by atoms with Crippen LogP contribution in [0.25, 0.3) is 0 Å². The first-order chi connectivity index (χ1) is 9.36. The minimum absolute atomic E-state index is 0.149. The Kier molecular flexibility index (Phi) is 4.62. The van der Waals surface area contributed by atoms with Crippen molar-refractivity contribution in [3.63, 3.8) is 0 Å². The van der Waals surface area contributed by atoms with Crippen LogP contribution < -0.4 is 5.76 Å². The van der Waals surface area contributed by atoms with E-state index in [0.29, 0.717) is 25.6 Å². The van der Waals surface area contributed by atoms with Gasteiger partial charge in [0, 0.05) is 25.0 Å². The molecular weight excluding hydrogens is 262 g/mol. The molecule has 20 heavy (non-hydrogen) atoms. The molecule has 1 aliphatic heterocycles. The lowest BCUT2D eigenvalue weighted by Gasteiger charge is -2.28. The van der Waals surface area contributed by atoms with Crippen molar-refractivity contribution in [1.82, 2.24) is 14.7 Å². The molecule has 2 rings (SSSR count). The van der Waals surface area contributed by atoms with E-state index >= 15 is 0 Å². The van der Waals surface area contributed by atoms with Gasteiger partial charge in [-0.3, -0.25) is 4.90 Å². The number of ether oxygens (including phenoxy) is 1. The van der Waals surface area contributed by atoms with E-state index in [1.165, 1.54) is 4.68 Å². The zero-order valence-corrected chi connectivity index (χ0v) is 12.3. The van der Waals surface area contributed by atoms with Gasteiger partial charge in [-0.2, -0.15) is 4.68 Å². The van der Waals surface area contributed by atoms with Gasteiger partial charge in [0.1, 0.15) is 0 Å². The Bertz CT molecular complexity index is 483. The van der Waals surface area contributed by atoms with Crippen LogP contribution in [0.3, 0.4) is 0 Å². The van der Waals surface area contributed by atoms with Crippen LogP contribution in [0.15, 0.2) is 9.21 Å². The molecule has 1 saturated heterocycles. The fourth-order valence-corrected chi connectivity index (χ4v) is 2.06. The van der Waals surface area contributed by atoms with Gasteiger partial charge in [-0.15, -0.1) is 5.10 Å². The van der Waals surface area contributed by atoms with Gasteiger partial charge in [0.2, 0.25) is 5.89 Å².